The first kappa shape index (κ1) is 12.8. The fourth-order valence-electron chi connectivity index (χ4n) is 1.91. The third-order valence-electron chi connectivity index (χ3n) is 2.93. The quantitative estimate of drug-likeness (QED) is 0.767. The Hall–Kier alpha value is -2.21. The number of fused-ring (bicyclic) bond motifs is 1. The Morgan fingerprint density at radius 2 is 2.05 bits per heavy atom. The Morgan fingerprint density at radius 1 is 1.20 bits per heavy atom. The fraction of sp³-hybridized carbons (Fsp3) is 0.143. The van der Waals surface area contributed by atoms with Crippen LogP contribution >= 0.6 is 11.3 Å². The number of rotatable bonds is 3. The lowest BCUT2D eigenvalue weighted by Gasteiger charge is -2.09. The van der Waals surface area contributed by atoms with Crippen molar-refractivity contribution in [3.05, 3.63) is 41.0 Å². The smallest absolute Gasteiger partial charge is 0.225 e. The van der Waals surface area contributed by atoms with E-state index in [1.54, 1.807) is 13.1 Å². The highest BCUT2D eigenvalue weighted by molar-refractivity contribution is 7.16. The summed E-state index contributed by atoms with van der Waals surface area (Å²) >= 11 is 1.52. The van der Waals surface area contributed by atoms with Crippen LogP contribution in [-0.2, 0) is 0 Å². The van der Waals surface area contributed by atoms with Gasteiger partial charge < -0.3 is 10.6 Å². The maximum Gasteiger partial charge on any atom is 0.225 e. The van der Waals surface area contributed by atoms with Crippen molar-refractivity contribution >= 4 is 39.0 Å². The Kier molecular flexibility index (Phi) is 3.23. The molecule has 20 heavy (non-hydrogen) atoms. The largest absolute Gasteiger partial charge is 0.357 e. The van der Waals surface area contributed by atoms with Gasteiger partial charge in [-0.05, 0) is 36.1 Å². The summed E-state index contributed by atoms with van der Waals surface area (Å²) in [6, 6.07) is 6.99. The average Bonchev–Trinajstić information content (AvgIpc) is 2.90. The van der Waals surface area contributed by atoms with E-state index in [-0.39, 0.29) is 5.82 Å². The standard InChI is InChI=1S/C14H13FN4S/c1-8-3-4-11(10(15)7-8)17-12-9-5-6-20-13(9)19-14(16-2)18-12/h3-7H,1-2H3,(H2,16,17,18,19). The van der Waals surface area contributed by atoms with Crippen LogP contribution in [0.1, 0.15) is 5.56 Å². The molecule has 0 atom stereocenters. The van der Waals surface area contributed by atoms with Crippen LogP contribution in [0.2, 0.25) is 0 Å². The number of thiophene rings is 1. The summed E-state index contributed by atoms with van der Waals surface area (Å²) in [5.41, 5.74) is 1.29. The number of aromatic nitrogens is 2. The Labute approximate surface area is 119 Å². The monoisotopic (exact) mass is 288 g/mol. The minimum Gasteiger partial charge on any atom is -0.357 e. The SMILES string of the molecule is CNc1nc(Nc2ccc(C)cc2F)c2ccsc2n1. The summed E-state index contributed by atoms with van der Waals surface area (Å²) in [6.45, 7) is 1.85. The molecule has 2 heterocycles. The van der Waals surface area contributed by atoms with Crippen molar-refractivity contribution in [2.45, 2.75) is 6.92 Å². The van der Waals surface area contributed by atoms with Gasteiger partial charge in [0, 0.05) is 7.05 Å². The van der Waals surface area contributed by atoms with Gasteiger partial charge in [-0.3, -0.25) is 0 Å². The van der Waals surface area contributed by atoms with Crippen molar-refractivity contribution in [1.82, 2.24) is 9.97 Å². The molecule has 0 unspecified atom stereocenters. The molecule has 0 aliphatic heterocycles. The highest BCUT2D eigenvalue weighted by Gasteiger charge is 2.10. The molecule has 0 fully saturated rings. The second-order valence-corrected chi connectivity index (χ2v) is 5.29. The number of halogens is 1. The highest BCUT2D eigenvalue weighted by Crippen LogP contribution is 2.29. The Bertz CT molecular complexity index is 769. The van der Waals surface area contributed by atoms with E-state index in [0.717, 1.165) is 15.8 Å². The molecule has 2 N–H and O–H groups in total. The minimum atomic E-state index is -0.294. The summed E-state index contributed by atoms with van der Waals surface area (Å²) in [4.78, 5) is 9.57. The summed E-state index contributed by atoms with van der Waals surface area (Å²) in [5.74, 6) is 0.816. The first-order chi connectivity index (χ1) is 9.67. The molecule has 4 nitrogen and oxygen atoms in total. The third-order valence-corrected chi connectivity index (χ3v) is 3.73. The number of hydrogen-bond acceptors (Lipinski definition) is 5. The molecule has 0 radical (unpaired) electrons. The van der Waals surface area contributed by atoms with Gasteiger partial charge in [-0.1, -0.05) is 6.07 Å². The van der Waals surface area contributed by atoms with Crippen LogP contribution in [0, 0.1) is 12.7 Å². The van der Waals surface area contributed by atoms with E-state index in [4.69, 9.17) is 0 Å². The molecule has 0 saturated heterocycles. The summed E-state index contributed by atoms with van der Waals surface area (Å²) < 4.78 is 13.9. The van der Waals surface area contributed by atoms with Crippen molar-refractivity contribution in [1.29, 1.82) is 0 Å². The van der Waals surface area contributed by atoms with Crippen molar-refractivity contribution in [2.75, 3.05) is 17.7 Å². The summed E-state index contributed by atoms with van der Waals surface area (Å²) in [6.07, 6.45) is 0. The molecular weight excluding hydrogens is 275 g/mol. The topological polar surface area (TPSA) is 49.8 Å². The Morgan fingerprint density at radius 3 is 2.80 bits per heavy atom. The average molecular weight is 288 g/mol. The van der Waals surface area contributed by atoms with Crippen molar-refractivity contribution in [3.8, 4) is 0 Å². The normalized spacial score (nSPS) is 10.8. The lowest BCUT2D eigenvalue weighted by Crippen LogP contribution is -2.02. The van der Waals surface area contributed by atoms with Crippen molar-refractivity contribution < 1.29 is 4.39 Å². The molecule has 0 bridgehead atoms. The lowest BCUT2D eigenvalue weighted by molar-refractivity contribution is 0.630. The predicted octanol–water partition coefficient (Wildman–Crippen LogP) is 3.92. The molecule has 1 aromatic carbocycles. The van der Waals surface area contributed by atoms with Crippen LogP contribution < -0.4 is 10.6 Å². The van der Waals surface area contributed by atoms with Gasteiger partial charge in [-0.25, -0.2) is 9.37 Å². The van der Waals surface area contributed by atoms with Gasteiger partial charge in [0.15, 0.2) is 0 Å². The van der Waals surface area contributed by atoms with Gasteiger partial charge in [0.1, 0.15) is 16.5 Å². The number of hydrogen-bond donors (Lipinski definition) is 2. The van der Waals surface area contributed by atoms with Gasteiger partial charge in [0.2, 0.25) is 5.95 Å². The van der Waals surface area contributed by atoms with Crippen LogP contribution in [0.15, 0.2) is 29.6 Å². The molecule has 0 saturated carbocycles. The van der Waals surface area contributed by atoms with Crippen molar-refractivity contribution in [3.63, 3.8) is 0 Å². The van der Waals surface area contributed by atoms with E-state index < -0.39 is 0 Å². The van der Waals surface area contributed by atoms with Crippen LogP contribution in [0.3, 0.4) is 0 Å². The second kappa shape index (κ2) is 5.05. The van der Waals surface area contributed by atoms with Crippen LogP contribution in [-0.4, -0.2) is 17.0 Å². The molecule has 0 aliphatic carbocycles. The zero-order valence-corrected chi connectivity index (χ0v) is 11.9. The fourth-order valence-corrected chi connectivity index (χ4v) is 2.68. The van der Waals surface area contributed by atoms with Gasteiger partial charge >= 0.3 is 0 Å². The van der Waals surface area contributed by atoms with E-state index in [9.17, 15) is 4.39 Å². The van der Waals surface area contributed by atoms with E-state index >= 15 is 0 Å². The first-order valence-electron chi connectivity index (χ1n) is 6.13. The van der Waals surface area contributed by atoms with E-state index in [1.807, 2.05) is 24.4 Å². The summed E-state index contributed by atoms with van der Waals surface area (Å²) in [7, 11) is 1.75. The highest BCUT2D eigenvalue weighted by atomic mass is 32.1. The molecule has 3 aromatic rings. The number of anilines is 3. The molecule has 0 aliphatic rings. The van der Waals surface area contributed by atoms with E-state index in [1.165, 1.54) is 17.4 Å². The van der Waals surface area contributed by atoms with Gasteiger partial charge in [-0.2, -0.15) is 4.98 Å². The molecule has 2 aromatic heterocycles. The molecule has 0 amide bonds. The number of nitrogens with one attached hydrogen (secondary N) is 2. The van der Waals surface area contributed by atoms with E-state index in [0.29, 0.717) is 17.5 Å². The molecular formula is C14H13FN4S. The number of benzene rings is 1. The van der Waals surface area contributed by atoms with Crippen LogP contribution in [0.25, 0.3) is 10.2 Å². The predicted molar refractivity (Wildman–Crippen MR) is 81.4 cm³/mol. The molecule has 0 spiro atoms. The summed E-state index contributed by atoms with van der Waals surface area (Å²) in [5, 5.41) is 8.78. The van der Waals surface area contributed by atoms with Gasteiger partial charge in [0.25, 0.3) is 0 Å². The third kappa shape index (κ3) is 2.30. The van der Waals surface area contributed by atoms with E-state index in [2.05, 4.69) is 20.6 Å². The van der Waals surface area contributed by atoms with Crippen LogP contribution in [0.4, 0.5) is 21.8 Å². The molecule has 3 rings (SSSR count). The van der Waals surface area contributed by atoms with Gasteiger partial charge in [-0.15, -0.1) is 11.3 Å². The van der Waals surface area contributed by atoms with Crippen molar-refractivity contribution in [2.24, 2.45) is 0 Å². The Balaban J connectivity index is 2.07. The maximum atomic E-state index is 13.9. The number of aryl methyl sites for hydroxylation is 1. The molecule has 6 heteroatoms. The molecule has 102 valence electrons. The zero-order valence-electron chi connectivity index (χ0n) is 11.1. The maximum absolute atomic E-state index is 13.9. The van der Waals surface area contributed by atoms with Crippen LogP contribution in [0.5, 0.6) is 0 Å². The number of nitrogens with zero attached hydrogens (tertiary/aromatic N) is 2. The minimum absolute atomic E-state index is 0.294. The second-order valence-electron chi connectivity index (χ2n) is 4.39. The van der Waals surface area contributed by atoms with Gasteiger partial charge in [0.05, 0.1) is 11.1 Å². The zero-order chi connectivity index (χ0) is 14.1. The first-order valence-corrected chi connectivity index (χ1v) is 7.01. The lowest BCUT2D eigenvalue weighted by atomic mass is 10.2.